The molecule has 0 heterocycles. The maximum Gasteiger partial charge on any atom is 0.279 e. The minimum atomic E-state index is -0.787. The molecule has 2 amide bonds. The van der Waals surface area contributed by atoms with Gasteiger partial charge in [-0.3, -0.25) is 20.4 Å². The van der Waals surface area contributed by atoms with Gasteiger partial charge in [0.25, 0.3) is 11.8 Å². The van der Waals surface area contributed by atoms with Gasteiger partial charge in [-0.1, -0.05) is 46.3 Å². The van der Waals surface area contributed by atoms with Crippen molar-refractivity contribution in [2.45, 2.75) is 26.9 Å². The third-order valence-electron chi connectivity index (χ3n) is 4.50. The Morgan fingerprint density at radius 3 is 2.33 bits per heavy atom. The number of rotatable bonds is 6. The molecule has 1 unspecified atom stereocenters. The van der Waals surface area contributed by atoms with E-state index in [1.165, 1.54) is 0 Å². The summed E-state index contributed by atoms with van der Waals surface area (Å²) in [5.74, 6) is 0.287. The van der Waals surface area contributed by atoms with E-state index < -0.39 is 17.9 Å². The van der Waals surface area contributed by atoms with Crippen molar-refractivity contribution in [1.82, 2.24) is 10.9 Å². The minimum absolute atomic E-state index is 0.223. The number of carbonyl (C=O) groups is 2. The monoisotopic (exact) mass is 470 g/mol. The SMILES string of the molecule is Cc1cc(Br)cc(C)c1OC(C)C(=O)NNC(=O)COc1ccc2ccccc2c1. The van der Waals surface area contributed by atoms with Gasteiger partial charge in [0, 0.05) is 4.47 Å². The average molecular weight is 471 g/mol. The maximum atomic E-state index is 12.3. The first-order valence-electron chi connectivity index (χ1n) is 9.47. The van der Waals surface area contributed by atoms with Gasteiger partial charge in [-0.05, 0) is 66.9 Å². The van der Waals surface area contributed by atoms with E-state index in [0.29, 0.717) is 11.5 Å². The van der Waals surface area contributed by atoms with Crippen LogP contribution in [0.5, 0.6) is 11.5 Å². The van der Waals surface area contributed by atoms with E-state index in [-0.39, 0.29) is 6.61 Å². The highest BCUT2D eigenvalue weighted by Crippen LogP contribution is 2.28. The Labute approximate surface area is 183 Å². The maximum absolute atomic E-state index is 12.3. The summed E-state index contributed by atoms with van der Waals surface area (Å²) in [7, 11) is 0. The fourth-order valence-electron chi connectivity index (χ4n) is 2.99. The molecule has 0 aromatic heterocycles. The number of halogens is 1. The standard InChI is InChI=1S/C23H23BrN2O4/c1-14-10-19(24)11-15(2)22(14)30-16(3)23(28)26-25-21(27)13-29-20-9-8-17-6-4-5-7-18(17)12-20/h4-12,16H,13H2,1-3H3,(H,25,27)(H,26,28). The number of hydrogen-bond acceptors (Lipinski definition) is 4. The lowest BCUT2D eigenvalue weighted by Gasteiger charge is -2.18. The normalized spacial score (nSPS) is 11.6. The lowest BCUT2D eigenvalue weighted by molar-refractivity contribution is -0.133. The van der Waals surface area contributed by atoms with Gasteiger partial charge in [-0.15, -0.1) is 0 Å². The summed E-state index contributed by atoms with van der Waals surface area (Å²) in [6, 6.07) is 17.3. The van der Waals surface area contributed by atoms with Crippen LogP contribution in [0.2, 0.25) is 0 Å². The molecule has 2 N–H and O–H groups in total. The first kappa shape index (κ1) is 21.6. The molecule has 0 radical (unpaired) electrons. The van der Waals surface area contributed by atoms with Gasteiger partial charge in [0.05, 0.1) is 0 Å². The smallest absolute Gasteiger partial charge is 0.279 e. The second kappa shape index (κ2) is 9.63. The zero-order valence-electron chi connectivity index (χ0n) is 17.0. The quantitative estimate of drug-likeness (QED) is 0.528. The highest BCUT2D eigenvalue weighted by Gasteiger charge is 2.18. The number of ether oxygens (including phenoxy) is 2. The highest BCUT2D eigenvalue weighted by molar-refractivity contribution is 9.10. The van der Waals surface area contributed by atoms with Crippen molar-refractivity contribution in [2.24, 2.45) is 0 Å². The van der Waals surface area contributed by atoms with Gasteiger partial charge in [-0.25, -0.2) is 0 Å². The summed E-state index contributed by atoms with van der Waals surface area (Å²) < 4.78 is 12.2. The molecule has 0 aliphatic carbocycles. The fraction of sp³-hybridized carbons (Fsp3) is 0.217. The lowest BCUT2D eigenvalue weighted by atomic mass is 10.1. The van der Waals surface area contributed by atoms with Crippen molar-refractivity contribution >= 4 is 38.5 Å². The second-order valence-electron chi connectivity index (χ2n) is 6.96. The molecule has 156 valence electrons. The van der Waals surface area contributed by atoms with Crippen LogP contribution in [-0.4, -0.2) is 24.5 Å². The Balaban J connectivity index is 1.48. The summed E-state index contributed by atoms with van der Waals surface area (Å²) >= 11 is 3.43. The van der Waals surface area contributed by atoms with E-state index in [4.69, 9.17) is 9.47 Å². The summed E-state index contributed by atoms with van der Waals surface area (Å²) in [6.45, 7) is 5.21. The molecule has 0 spiro atoms. The van der Waals surface area contributed by atoms with Crippen LogP contribution < -0.4 is 20.3 Å². The first-order valence-corrected chi connectivity index (χ1v) is 10.3. The molecule has 3 rings (SSSR count). The highest BCUT2D eigenvalue weighted by atomic mass is 79.9. The molecule has 0 aliphatic heterocycles. The van der Waals surface area contributed by atoms with Crippen LogP contribution in [0, 0.1) is 13.8 Å². The third kappa shape index (κ3) is 5.51. The lowest BCUT2D eigenvalue weighted by Crippen LogP contribution is -2.48. The summed E-state index contributed by atoms with van der Waals surface area (Å²) in [5.41, 5.74) is 6.53. The number of hydrogen-bond donors (Lipinski definition) is 2. The van der Waals surface area contributed by atoms with Gasteiger partial charge >= 0.3 is 0 Å². The van der Waals surface area contributed by atoms with Gasteiger partial charge in [-0.2, -0.15) is 0 Å². The van der Waals surface area contributed by atoms with Crippen LogP contribution in [0.15, 0.2) is 59.1 Å². The van der Waals surface area contributed by atoms with Crippen LogP contribution in [0.4, 0.5) is 0 Å². The van der Waals surface area contributed by atoms with Crippen LogP contribution in [0.25, 0.3) is 10.8 Å². The number of benzene rings is 3. The summed E-state index contributed by atoms with van der Waals surface area (Å²) in [4.78, 5) is 24.3. The topological polar surface area (TPSA) is 76.7 Å². The second-order valence-corrected chi connectivity index (χ2v) is 7.88. The van der Waals surface area contributed by atoms with Crippen LogP contribution in [0.1, 0.15) is 18.1 Å². The Kier molecular flexibility index (Phi) is 6.95. The molecule has 0 aliphatic rings. The van der Waals surface area contributed by atoms with E-state index in [1.54, 1.807) is 13.0 Å². The number of carbonyl (C=O) groups excluding carboxylic acids is 2. The molecule has 3 aromatic rings. The van der Waals surface area contributed by atoms with E-state index in [0.717, 1.165) is 26.4 Å². The Morgan fingerprint density at radius 1 is 0.967 bits per heavy atom. The van der Waals surface area contributed by atoms with Crippen molar-refractivity contribution in [3.63, 3.8) is 0 Å². The number of amides is 2. The Morgan fingerprint density at radius 2 is 1.63 bits per heavy atom. The van der Waals surface area contributed by atoms with Crippen LogP contribution in [-0.2, 0) is 9.59 Å². The number of aryl methyl sites for hydroxylation is 2. The zero-order valence-corrected chi connectivity index (χ0v) is 18.6. The Hall–Kier alpha value is -3.06. The molecular formula is C23H23BrN2O4. The van der Waals surface area contributed by atoms with Crippen molar-refractivity contribution < 1.29 is 19.1 Å². The molecule has 1 atom stereocenters. The molecule has 0 fully saturated rings. The molecule has 7 heteroatoms. The fourth-order valence-corrected chi connectivity index (χ4v) is 3.68. The van der Waals surface area contributed by atoms with E-state index in [1.807, 2.05) is 62.4 Å². The molecule has 0 saturated carbocycles. The van der Waals surface area contributed by atoms with E-state index in [2.05, 4.69) is 26.8 Å². The average Bonchev–Trinajstić information content (AvgIpc) is 2.72. The molecule has 30 heavy (non-hydrogen) atoms. The Bertz CT molecular complexity index is 1060. The molecule has 3 aromatic carbocycles. The van der Waals surface area contributed by atoms with Crippen LogP contribution >= 0.6 is 15.9 Å². The van der Waals surface area contributed by atoms with Gasteiger partial charge in [0.2, 0.25) is 0 Å². The number of fused-ring (bicyclic) bond motifs is 1. The zero-order chi connectivity index (χ0) is 21.7. The van der Waals surface area contributed by atoms with Crippen molar-refractivity contribution in [2.75, 3.05) is 6.61 Å². The van der Waals surface area contributed by atoms with E-state index >= 15 is 0 Å². The summed E-state index contributed by atoms with van der Waals surface area (Å²) in [5, 5.41) is 2.11. The number of nitrogens with one attached hydrogen (secondary N) is 2. The van der Waals surface area contributed by atoms with E-state index in [9.17, 15) is 9.59 Å². The van der Waals surface area contributed by atoms with Gasteiger partial charge < -0.3 is 9.47 Å². The predicted octanol–water partition coefficient (Wildman–Crippen LogP) is 4.21. The van der Waals surface area contributed by atoms with Crippen molar-refractivity contribution in [1.29, 1.82) is 0 Å². The largest absolute Gasteiger partial charge is 0.484 e. The summed E-state index contributed by atoms with van der Waals surface area (Å²) in [6.07, 6.45) is -0.787. The molecule has 6 nitrogen and oxygen atoms in total. The van der Waals surface area contributed by atoms with Gasteiger partial charge in [0.15, 0.2) is 12.7 Å². The van der Waals surface area contributed by atoms with Gasteiger partial charge in [0.1, 0.15) is 11.5 Å². The molecule has 0 saturated heterocycles. The minimum Gasteiger partial charge on any atom is -0.484 e. The predicted molar refractivity (Wildman–Crippen MR) is 119 cm³/mol. The molecular weight excluding hydrogens is 448 g/mol. The van der Waals surface area contributed by atoms with Crippen molar-refractivity contribution in [3.8, 4) is 11.5 Å². The molecule has 0 bridgehead atoms. The first-order chi connectivity index (χ1) is 14.3. The third-order valence-corrected chi connectivity index (χ3v) is 4.96. The van der Waals surface area contributed by atoms with Crippen molar-refractivity contribution in [3.05, 3.63) is 70.2 Å². The van der Waals surface area contributed by atoms with Crippen LogP contribution in [0.3, 0.4) is 0 Å². The number of hydrazine groups is 1.